The first-order valence-electron chi connectivity index (χ1n) is 5.57. The second-order valence-corrected chi connectivity index (χ2v) is 3.81. The van der Waals surface area contributed by atoms with Crippen molar-refractivity contribution in [1.29, 1.82) is 0 Å². The lowest BCUT2D eigenvalue weighted by Crippen LogP contribution is -2.37. The van der Waals surface area contributed by atoms with E-state index in [4.69, 9.17) is 4.74 Å². The lowest BCUT2D eigenvalue weighted by atomic mass is 10.2. The highest BCUT2D eigenvalue weighted by Crippen LogP contribution is 2.08. The molecule has 0 radical (unpaired) electrons. The van der Waals surface area contributed by atoms with Gasteiger partial charge in [-0.1, -0.05) is 18.2 Å². The average Bonchev–Trinajstić information content (AvgIpc) is 2.30. The van der Waals surface area contributed by atoms with Crippen LogP contribution < -0.4 is 10.1 Å². The molecule has 4 nitrogen and oxygen atoms in total. The molecule has 1 aromatic rings. The van der Waals surface area contributed by atoms with Gasteiger partial charge in [0.25, 0.3) is 0 Å². The third-order valence-electron chi connectivity index (χ3n) is 2.33. The van der Waals surface area contributed by atoms with Gasteiger partial charge in [0, 0.05) is 0 Å². The summed E-state index contributed by atoms with van der Waals surface area (Å²) in [4.78, 5) is 22.3. The SMILES string of the molecule is CC(=O)C(C)NC(=O)CCOc1ccccc1. The van der Waals surface area contributed by atoms with Crippen LogP contribution in [0.2, 0.25) is 0 Å². The van der Waals surface area contributed by atoms with Crippen LogP contribution in [0.4, 0.5) is 0 Å². The Bertz CT molecular complexity index is 376. The average molecular weight is 235 g/mol. The molecule has 1 N–H and O–H groups in total. The zero-order chi connectivity index (χ0) is 12.7. The number of Topliss-reactive ketones (excluding diaryl/α,β-unsaturated/α-hetero) is 1. The van der Waals surface area contributed by atoms with Crippen molar-refractivity contribution in [3.8, 4) is 5.75 Å². The van der Waals surface area contributed by atoms with Gasteiger partial charge in [-0.25, -0.2) is 0 Å². The zero-order valence-corrected chi connectivity index (χ0v) is 10.1. The van der Waals surface area contributed by atoms with Crippen LogP contribution in [-0.4, -0.2) is 24.3 Å². The minimum absolute atomic E-state index is 0.0534. The van der Waals surface area contributed by atoms with Crippen LogP contribution in [0.25, 0.3) is 0 Å². The number of nitrogens with one attached hydrogen (secondary N) is 1. The Morgan fingerprint density at radius 3 is 2.53 bits per heavy atom. The number of hydrogen-bond acceptors (Lipinski definition) is 3. The molecule has 1 rings (SSSR count). The summed E-state index contributed by atoms with van der Waals surface area (Å²) in [6.45, 7) is 3.42. The summed E-state index contributed by atoms with van der Waals surface area (Å²) < 4.78 is 5.37. The van der Waals surface area contributed by atoms with Gasteiger partial charge in [-0.3, -0.25) is 9.59 Å². The van der Waals surface area contributed by atoms with Crippen molar-refractivity contribution >= 4 is 11.7 Å². The summed E-state index contributed by atoms with van der Waals surface area (Å²) in [5.41, 5.74) is 0. The van der Waals surface area contributed by atoms with E-state index in [1.54, 1.807) is 6.92 Å². The van der Waals surface area contributed by atoms with E-state index in [0.29, 0.717) is 6.61 Å². The molecular formula is C13H17NO3. The molecule has 1 unspecified atom stereocenters. The Balaban J connectivity index is 2.23. The van der Waals surface area contributed by atoms with Gasteiger partial charge in [-0.05, 0) is 26.0 Å². The van der Waals surface area contributed by atoms with Crippen molar-refractivity contribution in [2.24, 2.45) is 0 Å². The third kappa shape index (κ3) is 5.15. The van der Waals surface area contributed by atoms with Crippen molar-refractivity contribution in [3.63, 3.8) is 0 Å². The molecule has 0 heterocycles. The van der Waals surface area contributed by atoms with Gasteiger partial charge < -0.3 is 10.1 Å². The molecule has 0 aliphatic heterocycles. The number of carbonyl (C=O) groups excluding carboxylic acids is 2. The van der Waals surface area contributed by atoms with E-state index in [2.05, 4.69) is 5.32 Å². The largest absolute Gasteiger partial charge is 0.493 e. The molecule has 0 spiro atoms. The van der Waals surface area contributed by atoms with E-state index < -0.39 is 6.04 Å². The molecule has 0 aromatic heterocycles. The molecule has 0 bridgehead atoms. The van der Waals surface area contributed by atoms with Gasteiger partial charge in [0.15, 0.2) is 5.78 Å². The van der Waals surface area contributed by atoms with Crippen LogP contribution in [0.15, 0.2) is 30.3 Å². The minimum Gasteiger partial charge on any atom is -0.493 e. The summed E-state index contributed by atoms with van der Waals surface area (Å²) in [5.74, 6) is 0.505. The maximum atomic E-state index is 11.4. The van der Waals surface area contributed by atoms with Crippen molar-refractivity contribution < 1.29 is 14.3 Å². The highest BCUT2D eigenvalue weighted by molar-refractivity contribution is 5.87. The minimum atomic E-state index is -0.431. The quantitative estimate of drug-likeness (QED) is 0.814. The molecule has 0 fully saturated rings. The maximum Gasteiger partial charge on any atom is 0.223 e. The van der Waals surface area contributed by atoms with Crippen molar-refractivity contribution in [2.45, 2.75) is 26.3 Å². The number of benzene rings is 1. The molecular weight excluding hydrogens is 218 g/mol. The first kappa shape index (κ1) is 13.2. The van der Waals surface area contributed by atoms with Gasteiger partial charge in [0.1, 0.15) is 5.75 Å². The molecule has 1 atom stereocenters. The van der Waals surface area contributed by atoms with Gasteiger partial charge in [-0.15, -0.1) is 0 Å². The van der Waals surface area contributed by atoms with E-state index in [1.165, 1.54) is 6.92 Å². The van der Waals surface area contributed by atoms with Crippen LogP contribution >= 0.6 is 0 Å². The lowest BCUT2D eigenvalue weighted by molar-refractivity contribution is -0.126. The molecule has 0 aliphatic rings. The number of hydrogen-bond donors (Lipinski definition) is 1. The Hall–Kier alpha value is -1.84. The molecule has 4 heteroatoms. The van der Waals surface area contributed by atoms with Gasteiger partial charge in [0.2, 0.25) is 5.91 Å². The number of rotatable bonds is 6. The monoisotopic (exact) mass is 235 g/mol. The first-order chi connectivity index (χ1) is 8.09. The number of para-hydroxylation sites is 1. The predicted octanol–water partition coefficient (Wildman–Crippen LogP) is 1.55. The van der Waals surface area contributed by atoms with Crippen molar-refractivity contribution in [3.05, 3.63) is 30.3 Å². The van der Waals surface area contributed by atoms with Crippen LogP contribution in [0, 0.1) is 0 Å². The molecule has 1 aromatic carbocycles. The fourth-order valence-electron chi connectivity index (χ4n) is 1.19. The second-order valence-electron chi connectivity index (χ2n) is 3.81. The Kier molecular flexibility index (Phi) is 5.20. The Labute approximate surface area is 101 Å². The normalized spacial score (nSPS) is 11.6. The fourth-order valence-corrected chi connectivity index (χ4v) is 1.19. The smallest absolute Gasteiger partial charge is 0.223 e. The molecule has 92 valence electrons. The van der Waals surface area contributed by atoms with Gasteiger partial charge >= 0.3 is 0 Å². The van der Waals surface area contributed by atoms with Crippen LogP contribution in [0.1, 0.15) is 20.3 Å². The summed E-state index contributed by atoms with van der Waals surface area (Å²) in [6.07, 6.45) is 0.243. The second kappa shape index (κ2) is 6.68. The van der Waals surface area contributed by atoms with Crippen LogP contribution in [-0.2, 0) is 9.59 Å². The molecule has 0 aliphatic carbocycles. The number of ketones is 1. The summed E-state index contributed by atoms with van der Waals surface area (Å²) in [5, 5.41) is 2.60. The topological polar surface area (TPSA) is 55.4 Å². The molecule has 1 amide bonds. The third-order valence-corrected chi connectivity index (χ3v) is 2.33. The Morgan fingerprint density at radius 2 is 1.94 bits per heavy atom. The lowest BCUT2D eigenvalue weighted by Gasteiger charge is -2.10. The first-order valence-corrected chi connectivity index (χ1v) is 5.57. The highest BCUT2D eigenvalue weighted by atomic mass is 16.5. The standard InChI is InChI=1S/C13H17NO3/c1-10(11(2)15)14-13(16)8-9-17-12-6-4-3-5-7-12/h3-7,10H,8-9H2,1-2H3,(H,14,16). The number of carbonyl (C=O) groups is 2. The number of amides is 1. The van der Waals surface area contributed by atoms with Crippen LogP contribution in [0.3, 0.4) is 0 Å². The van der Waals surface area contributed by atoms with Crippen molar-refractivity contribution in [2.75, 3.05) is 6.61 Å². The van der Waals surface area contributed by atoms with E-state index in [0.717, 1.165) is 5.75 Å². The fraction of sp³-hybridized carbons (Fsp3) is 0.385. The van der Waals surface area contributed by atoms with E-state index in [9.17, 15) is 9.59 Å². The number of ether oxygens (including phenoxy) is 1. The molecule has 0 saturated heterocycles. The van der Waals surface area contributed by atoms with Crippen molar-refractivity contribution in [1.82, 2.24) is 5.32 Å². The van der Waals surface area contributed by atoms with Gasteiger partial charge in [-0.2, -0.15) is 0 Å². The Morgan fingerprint density at radius 1 is 1.29 bits per heavy atom. The van der Waals surface area contributed by atoms with E-state index in [-0.39, 0.29) is 18.1 Å². The summed E-state index contributed by atoms with van der Waals surface area (Å²) in [6, 6.07) is 8.86. The summed E-state index contributed by atoms with van der Waals surface area (Å²) >= 11 is 0. The molecule has 17 heavy (non-hydrogen) atoms. The maximum absolute atomic E-state index is 11.4. The van der Waals surface area contributed by atoms with E-state index in [1.807, 2.05) is 30.3 Å². The summed E-state index contributed by atoms with van der Waals surface area (Å²) in [7, 11) is 0. The predicted molar refractivity (Wildman–Crippen MR) is 64.8 cm³/mol. The van der Waals surface area contributed by atoms with Crippen LogP contribution in [0.5, 0.6) is 5.75 Å². The van der Waals surface area contributed by atoms with E-state index >= 15 is 0 Å². The molecule has 0 saturated carbocycles. The highest BCUT2D eigenvalue weighted by Gasteiger charge is 2.10. The zero-order valence-electron chi connectivity index (χ0n) is 10.1. The van der Waals surface area contributed by atoms with Gasteiger partial charge in [0.05, 0.1) is 19.1 Å².